The molecule has 20 heavy (non-hydrogen) atoms. The normalized spacial score (nSPS) is 12.2. The van der Waals surface area contributed by atoms with Crippen LogP contribution in [0.1, 0.15) is 38.7 Å². The minimum atomic E-state index is -0.247. The zero-order valence-electron chi connectivity index (χ0n) is 12.4. The molecule has 1 atom stereocenters. The monoisotopic (exact) mass is 280 g/mol. The molecule has 0 radical (unpaired) electrons. The Balaban J connectivity index is 2.20. The first-order valence-corrected chi connectivity index (χ1v) is 7.39. The van der Waals surface area contributed by atoms with Crippen LogP contribution in [-0.4, -0.2) is 25.0 Å². The van der Waals surface area contributed by atoms with Crippen LogP contribution in [0.15, 0.2) is 24.3 Å². The van der Waals surface area contributed by atoms with Gasteiger partial charge >= 0.3 is 0 Å². The maximum Gasteiger partial charge on any atom is 0.236 e. The summed E-state index contributed by atoms with van der Waals surface area (Å²) in [7, 11) is 0. The molecule has 0 saturated carbocycles. The van der Waals surface area contributed by atoms with E-state index in [2.05, 4.69) is 17.6 Å². The van der Waals surface area contributed by atoms with Crippen molar-refractivity contribution in [3.05, 3.63) is 35.6 Å². The van der Waals surface area contributed by atoms with Gasteiger partial charge in [-0.3, -0.25) is 4.79 Å². The van der Waals surface area contributed by atoms with Crippen LogP contribution in [0.2, 0.25) is 0 Å². The Labute approximate surface area is 121 Å². The quantitative estimate of drug-likeness (QED) is 0.683. The van der Waals surface area contributed by atoms with Crippen LogP contribution in [0.25, 0.3) is 0 Å². The highest BCUT2D eigenvalue weighted by Gasteiger charge is 2.11. The Kier molecular flexibility index (Phi) is 7.88. The van der Waals surface area contributed by atoms with Crippen molar-refractivity contribution in [2.45, 2.75) is 45.6 Å². The number of hydrogen-bond donors (Lipinski definition) is 2. The first-order chi connectivity index (χ1) is 9.65. The summed E-state index contributed by atoms with van der Waals surface area (Å²) in [5.41, 5.74) is 0.676. The molecule has 0 aliphatic carbocycles. The zero-order chi connectivity index (χ0) is 14.8. The molecule has 4 heteroatoms. The molecule has 0 spiro atoms. The van der Waals surface area contributed by atoms with Crippen molar-refractivity contribution >= 4 is 5.91 Å². The van der Waals surface area contributed by atoms with Gasteiger partial charge in [0.05, 0.1) is 6.04 Å². The molecule has 0 aliphatic rings. The van der Waals surface area contributed by atoms with E-state index in [9.17, 15) is 9.18 Å². The second-order valence-electron chi connectivity index (χ2n) is 5.02. The lowest BCUT2D eigenvalue weighted by atomic mass is 10.1. The molecule has 2 N–H and O–H groups in total. The lowest BCUT2D eigenvalue weighted by Crippen LogP contribution is -2.43. The number of nitrogens with one attached hydrogen (secondary N) is 2. The molecule has 0 aromatic heterocycles. The first-order valence-electron chi connectivity index (χ1n) is 7.39. The van der Waals surface area contributed by atoms with Gasteiger partial charge in [-0.1, -0.05) is 38.0 Å². The lowest BCUT2D eigenvalue weighted by molar-refractivity contribution is -0.122. The minimum Gasteiger partial charge on any atom is -0.355 e. The molecule has 3 nitrogen and oxygen atoms in total. The van der Waals surface area contributed by atoms with Gasteiger partial charge in [-0.05, 0) is 31.4 Å². The van der Waals surface area contributed by atoms with E-state index in [1.807, 2.05) is 13.0 Å². The van der Waals surface area contributed by atoms with Gasteiger partial charge in [-0.25, -0.2) is 4.39 Å². The van der Waals surface area contributed by atoms with Crippen molar-refractivity contribution in [3.63, 3.8) is 0 Å². The molecule has 1 aromatic rings. The van der Waals surface area contributed by atoms with E-state index < -0.39 is 0 Å². The molecule has 0 saturated heterocycles. The maximum absolute atomic E-state index is 13.4. The highest BCUT2D eigenvalue weighted by Crippen LogP contribution is 2.06. The number of rotatable bonds is 9. The summed E-state index contributed by atoms with van der Waals surface area (Å²) in [4.78, 5) is 11.8. The maximum atomic E-state index is 13.4. The third-order valence-corrected chi connectivity index (χ3v) is 3.28. The third-order valence-electron chi connectivity index (χ3n) is 3.28. The first kappa shape index (κ1) is 16.6. The van der Waals surface area contributed by atoms with Crippen LogP contribution in [0, 0.1) is 5.82 Å². The Morgan fingerprint density at radius 1 is 1.25 bits per heavy atom. The van der Waals surface area contributed by atoms with E-state index in [0.717, 1.165) is 25.8 Å². The molecule has 1 rings (SSSR count). The standard InChI is InChI=1S/C16H25FN2O/c1-3-4-7-11-19-16(20)13(2)18-12-10-14-8-5-6-9-15(14)17/h5-6,8-9,13,18H,3-4,7,10-12H2,1-2H3,(H,19,20). The minimum absolute atomic E-state index is 0.00892. The van der Waals surface area contributed by atoms with Crippen LogP contribution in [-0.2, 0) is 11.2 Å². The van der Waals surface area contributed by atoms with Crippen molar-refractivity contribution in [2.24, 2.45) is 0 Å². The van der Waals surface area contributed by atoms with Crippen LogP contribution < -0.4 is 10.6 Å². The third kappa shape index (κ3) is 6.15. The van der Waals surface area contributed by atoms with Crippen molar-refractivity contribution in [1.82, 2.24) is 10.6 Å². The molecule has 1 aromatic carbocycles. The smallest absolute Gasteiger partial charge is 0.236 e. The van der Waals surface area contributed by atoms with Crippen LogP contribution in [0.3, 0.4) is 0 Å². The average molecular weight is 280 g/mol. The van der Waals surface area contributed by atoms with Gasteiger partial charge in [0.15, 0.2) is 0 Å². The SMILES string of the molecule is CCCCCNC(=O)C(C)NCCc1ccccc1F. The second kappa shape index (κ2) is 9.48. The summed E-state index contributed by atoms with van der Waals surface area (Å²) < 4.78 is 13.4. The highest BCUT2D eigenvalue weighted by atomic mass is 19.1. The van der Waals surface area contributed by atoms with E-state index in [1.54, 1.807) is 12.1 Å². The van der Waals surface area contributed by atoms with Crippen LogP contribution >= 0.6 is 0 Å². The molecule has 112 valence electrons. The summed E-state index contributed by atoms with van der Waals surface area (Å²) in [5, 5.41) is 6.02. The van der Waals surface area contributed by atoms with Gasteiger partial charge in [0.1, 0.15) is 5.82 Å². The van der Waals surface area contributed by atoms with Crippen molar-refractivity contribution in [1.29, 1.82) is 0 Å². The van der Waals surface area contributed by atoms with Gasteiger partial charge in [-0.15, -0.1) is 0 Å². The van der Waals surface area contributed by atoms with E-state index in [1.165, 1.54) is 6.07 Å². The Morgan fingerprint density at radius 2 is 2.00 bits per heavy atom. The largest absolute Gasteiger partial charge is 0.355 e. The molecule has 1 unspecified atom stereocenters. The molecule has 0 heterocycles. The molecule has 1 amide bonds. The fourth-order valence-electron chi connectivity index (χ4n) is 1.96. The number of unbranched alkanes of at least 4 members (excludes halogenated alkanes) is 2. The molecule has 0 aliphatic heterocycles. The topological polar surface area (TPSA) is 41.1 Å². The number of halogens is 1. The number of benzene rings is 1. The van der Waals surface area contributed by atoms with Gasteiger partial charge in [0.2, 0.25) is 5.91 Å². The number of carbonyl (C=O) groups excluding carboxylic acids is 1. The fourth-order valence-corrected chi connectivity index (χ4v) is 1.96. The summed E-state index contributed by atoms with van der Waals surface area (Å²) in [6, 6.07) is 6.48. The summed E-state index contributed by atoms with van der Waals surface area (Å²) >= 11 is 0. The average Bonchev–Trinajstić information content (AvgIpc) is 2.45. The predicted molar refractivity (Wildman–Crippen MR) is 80.1 cm³/mol. The van der Waals surface area contributed by atoms with Gasteiger partial charge in [0.25, 0.3) is 0 Å². The molecular formula is C16H25FN2O. The van der Waals surface area contributed by atoms with E-state index in [4.69, 9.17) is 0 Å². The molecular weight excluding hydrogens is 255 g/mol. The van der Waals surface area contributed by atoms with Gasteiger partial charge in [0, 0.05) is 13.1 Å². The second-order valence-corrected chi connectivity index (χ2v) is 5.02. The Morgan fingerprint density at radius 3 is 2.70 bits per heavy atom. The van der Waals surface area contributed by atoms with Gasteiger partial charge in [-0.2, -0.15) is 0 Å². The molecule has 0 fully saturated rings. The van der Waals surface area contributed by atoms with Crippen molar-refractivity contribution < 1.29 is 9.18 Å². The van der Waals surface area contributed by atoms with E-state index >= 15 is 0 Å². The van der Waals surface area contributed by atoms with Crippen LogP contribution in [0.5, 0.6) is 0 Å². The fraction of sp³-hybridized carbons (Fsp3) is 0.562. The van der Waals surface area contributed by atoms with Crippen molar-refractivity contribution in [2.75, 3.05) is 13.1 Å². The van der Waals surface area contributed by atoms with E-state index in [-0.39, 0.29) is 17.8 Å². The lowest BCUT2D eigenvalue weighted by Gasteiger charge is -2.14. The Bertz CT molecular complexity index is 409. The zero-order valence-corrected chi connectivity index (χ0v) is 12.4. The molecule has 0 bridgehead atoms. The van der Waals surface area contributed by atoms with Gasteiger partial charge < -0.3 is 10.6 Å². The number of carbonyl (C=O) groups is 1. The predicted octanol–water partition coefficient (Wildman–Crippen LogP) is 2.65. The summed E-state index contributed by atoms with van der Waals surface area (Å²) in [5.74, 6) is -0.180. The number of hydrogen-bond acceptors (Lipinski definition) is 2. The van der Waals surface area contributed by atoms with E-state index in [0.29, 0.717) is 18.5 Å². The Hall–Kier alpha value is -1.42. The summed E-state index contributed by atoms with van der Waals surface area (Å²) in [6.45, 7) is 5.28. The summed E-state index contributed by atoms with van der Waals surface area (Å²) in [6.07, 6.45) is 3.88. The van der Waals surface area contributed by atoms with Crippen molar-refractivity contribution in [3.8, 4) is 0 Å². The number of amides is 1. The van der Waals surface area contributed by atoms with Crippen LogP contribution in [0.4, 0.5) is 4.39 Å². The highest BCUT2D eigenvalue weighted by molar-refractivity contribution is 5.81.